The molecule has 0 saturated carbocycles. The molecule has 0 saturated heterocycles. The van der Waals surface area contributed by atoms with Crippen molar-refractivity contribution in [3.05, 3.63) is 35.4 Å². The van der Waals surface area contributed by atoms with Gasteiger partial charge >= 0.3 is 0 Å². The summed E-state index contributed by atoms with van der Waals surface area (Å²) < 4.78 is 25.4. The fourth-order valence-electron chi connectivity index (χ4n) is 0.907. The molecule has 78 valence electrons. The molecular formula is C8H10ClF2N3. The number of benzene rings is 1. The van der Waals surface area contributed by atoms with Gasteiger partial charge in [-0.2, -0.15) is 0 Å². The fourth-order valence-corrected chi connectivity index (χ4v) is 0.907. The SMILES string of the molecule is N=C(N)[NH2+]Cc1ccc(F)cc1F.[Cl-]. The van der Waals surface area contributed by atoms with Crippen molar-refractivity contribution in [2.45, 2.75) is 6.54 Å². The molecule has 3 nitrogen and oxygen atoms in total. The Kier molecular flexibility index (Phi) is 5.04. The standard InChI is InChI=1S/C8H9F2N3.ClH/c9-6-2-1-5(7(10)3-6)4-13-8(11)12;/h1-3H,4H2,(H4,11,12,13);1H. The summed E-state index contributed by atoms with van der Waals surface area (Å²) in [6.07, 6.45) is 0. The first-order chi connectivity index (χ1) is 6.09. The second-order valence-corrected chi connectivity index (χ2v) is 2.60. The van der Waals surface area contributed by atoms with Crippen LogP contribution in [0.5, 0.6) is 0 Å². The zero-order chi connectivity index (χ0) is 9.84. The van der Waals surface area contributed by atoms with Crippen LogP contribution in [-0.4, -0.2) is 5.96 Å². The lowest BCUT2D eigenvalue weighted by Crippen LogP contribution is -3.00. The summed E-state index contributed by atoms with van der Waals surface area (Å²) in [4.78, 5) is 0. The van der Waals surface area contributed by atoms with Gasteiger partial charge < -0.3 is 18.1 Å². The number of hydrogen-bond acceptors (Lipinski definition) is 1. The van der Waals surface area contributed by atoms with Crippen LogP contribution < -0.4 is 23.5 Å². The van der Waals surface area contributed by atoms with Gasteiger partial charge in [-0.3, -0.25) is 5.32 Å². The van der Waals surface area contributed by atoms with E-state index in [4.69, 9.17) is 11.1 Å². The number of nitrogens with two attached hydrogens (primary N) is 2. The number of quaternary nitrogens is 1. The van der Waals surface area contributed by atoms with E-state index >= 15 is 0 Å². The number of halogens is 3. The minimum absolute atomic E-state index is 0. The summed E-state index contributed by atoms with van der Waals surface area (Å²) in [5.74, 6) is -1.34. The van der Waals surface area contributed by atoms with E-state index in [2.05, 4.69) is 0 Å². The van der Waals surface area contributed by atoms with Crippen LogP contribution in [0, 0.1) is 17.0 Å². The lowest BCUT2D eigenvalue weighted by molar-refractivity contribution is -0.560. The smallest absolute Gasteiger partial charge is 0.289 e. The van der Waals surface area contributed by atoms with E-state index < -0.39 is 11.6 Å². The molecular weight excluding hydrogens is 212 g/mol. The van der Waals surface area contributed by atoms with Crippen LogP contribution in [0.25, 0.3) is 0 Å². The highest BCUT2D eigenvalue weighted by Crippen LogP contribution is 2.07. The van der Waals surface area contributed by atoms with Gasteiger partial charge in [0, 0.05) is 11.6 Å². The predicted molar refractivity (Wildman–Crippen MR) is 43.9 cm³/mol. The van der Waals surface area contributed by atoms with Gasteiger partial charge in [-0.1, -0.05) is 0 Å². The van der Waals surface area contributed by atoms with Gasteiger partial charge in [-0.15, -0.1) is 0 Å². The van der Waals surface area contributed by atoms with Crippen LogP contribution in [0.3, 0.4) is 0 Å². The molecule has 0 fully saturated rings. The number of hydrogen-bond donors (Lipinski definition) is 3. The normalized spacial score (nSPS) is 9.29. The first-order valence-electron chi connectivity index (χ1n) is 3.71. The van der Waals surface area contributed by atoms with E-state index in [1.54, 1.807) is 0 Å². The van der Waals surface area contributed by atoms with E-state index in [0.717, 1.165) is 6.07 Å². The summed E-state index contributed by atoms with van der Waals surface area (Å²) in [6, 6.07) is 3.32. The molecule has 1 aromatic carbocycles. The van der Waals surface area contributed by atoms with E-state index in [0.29, 0.717) is 5.56 Å². The van der Waals surface area contributed by atoms with Gasteiger partial charge in [0.05, 0.1) is 0 Å². The van der Waals surface area contributed by atoms with Crippen molar-refractivity contribution in [2.75, 3.05) is 0 Å². The van der Waals surface area contributed by atoms with Crippen LogP contribution >= 0.6 is 0 Å². The van der Waals surface area contributed by atoms with Crippen molar-refractivity contribution in [1.82, 2.24) is 0 Å². The first-order valence-corrected chi connectivity index (χ1v) is 3.71. The molecule has 0 spiro atoms. The second-order valence-electron chi connectivity index (χ2n) is 2.60. The number of guanidine groups is 1. The Hall–Kier alpha value is -1.20. The van der Waals surface area contributed by atoms with Crippen LogP contribution in [0.1, 0.15) is 5.56 Å². The molecule has 0 atom stereocenters. The number of rotatable bonds is 2. The Morgan fingerprint density at radius 1 is 1.43 bits per heavy atom. The third-order valence-corrected chi connectivity index (χ3v) is 1.56. The molecule has 6 heteroatoms. The lowest BCUT2D eigenvalue weighted by atomic mass is 10.2. The Balaban J connectivity index is 0.00000169. The average molecular weight is 222 g/mol. The fraction of sp³-hybridized carbons (Fsp3) is 0.125. The molecule has 0 radical (unpaired) electrons. The quantitative estimate of drug-likeness (QED) is 0.360. The topological polar surface area (TPSA) is 66.5 Å². The monoisotopic (exact) mass is 221 g/mol. The third kappa shape index (κ3) is 3.68. The van der Waals surface area contributed by atoms with Crippen LogP contribution in [0.4, 0.5) is 8.78 Å². The number of nitrogens with one attached hydrogen (secondary N) is 1. The molecule has 14 heavy (non-hydrogen) atoms. The van der Waals surface area contributed by atoms with E-state index in [1.807, 2.05) is 0 Å². The molecule has 0 aliphatic carbocycles. The maximum Gasteiger partial charge on any atom is 0.289 e. The van der Waals surface area contributed by atoms with Crippen molar-refractivity contribution in [3.8, 4) is 0 Å². The molecule has 1 aromatic rings. The average Bonchev–Trinajstić information content (AvgIpc) is 2.02. The minimum Gasteiger partial charge on any atom is -1.00 e. The van der Waals surface area contributed by atoms with E-state index in [-0.39, 0.29) is 24.9 Å². The van der Waals surface area contributed by atoms with Crippen molar-refractivity contribution in [2.24, 2.45) is 5.73 Å². The highest BCUT2D eigenvalue weighted by atomic mass is 35.5. The maximum absolute atomic E-state index is 12.9. The molecule has 0 aromatic heterocycles. The van der Waals surface area contributed by atoms with Gasteiger partial charge in [0.1, 0.15) is 18.2 Å². The molecule has 5 N–H and O–H groups in total. The van der Waals surface area contributed by atoms with Crippen molar-refractivity contribution >= 4 is 5.96 Å². The lowest BCUT2D eigenvalue weighted by Gasteiger charge is -2.00. The zero-order valence-electron chi connectivity index (χ0n) is 7.23. The van der Waals surface area contributed by atoms with Gasteiger partial charge in [-0.25, -0.2) is 14.2 Å². The van der Waals surface area contributed by atoms with Crippen LogP contribution in [0.15, 0.2) is 18.2 Å². The minimum atomic E-state index is -0.613. The zero-order valence-corrected chi connectivity index (χ0v) is 7.98. The van der Waals surface area contributed by atoms with Crippen molar-refractivity contribution in [3.63, 3.8) is 0 Å². The van der Waals surface area contributed by atoms with Crippen molar-refractivity contribution in [1.29, 1.82) is 5.41 Å². The van der Waals surface area contributed by atoms with Gasteiger partial charge in [0.25, 0.3) is 5.96 Å². The molecule has 1 rings (SSSR count). The summed E-state index contributed by atoms with van der Waals surface area (Å²) in [7, 11) is 0. The Bertz CT molecular complexity index is 330. The van der Waals surface area contributed by atoms with Gasteiger partial charge in [0.2, 0.25) is 0 Å². The predicted octanol–water partition coefficient (Wildman–Crippen LogP) is -3.07. The Morgan fingerprint density at radius 3 is 2.57 bits per heavy atom. The third-order valence-electron chi connectivity index (χ3n) is 1.56. The van der Waals surface area contributed by atoms with E-state index in [9.17, 15) is 8.78 Å². The maximum atomic E-state index is 12.9. The van der Waals surface area contributed by atoms with Crippen LogP contribution in [-0.2, 0) is 6.54 Å². The van der Waals surface area contributed by atoms with E-state index in [1.165, 1.54) is 17.4 Å². The molecule has 0 unspecified atom stereocenters. The molecule has 0 bridgehead atoms. The van der Waals surface area contributed by atoms with Crippen LogP contribution in [0.2, 0.25) is 0 Å². The highest BCUT2D eigenvalue weighted by molar-refractivity contribution is 5.63. The molecule has 0 heterocycles. The Labute approximate surface area is 86.2 Å². The van der Waals surface area contributed by atoms with Gasteiger partial charge in [0.15, 0.2) is 0 Å². The Morgan fingerprint density at radius 2 is 2.07 bits per heavy atom. The van der Waals surface area contributed by atoms with Crippen molar-refractivity contribution < 1.29 is 26.5 Å². The molecule has 0 aliphatic rings. The summed E-state index contributed by atoms with van der Waals surface area (Å²) in [5.41, 5.74) is 5.38. The summed E-state index contributed by atoms with van der Waals surface area (Å²) in [6.45, 7) is 0.210. The van der Waals surface area contributed by atoms with Gasteiger partial charge in [-0.05, 0) is 12.1 Å². The summed E-state index contributed by atoms with van der Waals surface area (Å²) >= 11 is 0. The first kappa shape index (κ1) is 12.8. The molecule has 0 aliphatic heterocycles. The largest absolute Gasteiger partial charge is 1.00 e. The summed E-state index contributed by atoms with van der Waals surface area (Å²) in [5, 5.41) is 8.24. The molecule has 0 amide bonds. The highest BCUT2D eigenvalue weighted by Gasteiger charge is 2.05. The second kappa shape index (κ2) is 5.51.